The standard InChI is InChI=1S/C15H19F2N3/c16-13-9-12(11-18)10-14(17)15(13)19-5-4-8-20-6-2-1-3-7-20/h9-10,19H,1-8H2. The molecule has 0 aromatic heterocycles. The molecule has 1 heterocycles. The van der Waals surface area contributed by atoms with Crippen LogP contribution in [-0.2, 0) is 0 Å². The van der Waals surface area contributed by atoms with Gasteiger partial charge in [0.15, 0.2) is 11.6 Å². The largest absolute Gasteiger partial charge is 0.380 e. The zero-order valence-electron chi connectivity index (χ0n) is 11.5. The molecule has 1 aromatic carbocycles. The molecule has 1 N–H and O–H groups in total. The average molecular weight is 279 g/mol. The smallest absolute Gasteiger partial charge is 0.150 e. The molecule has 1 fully saturated rings. The third-order valence-electron chi connectivity index (χ3n) is 3.57. The number of nitrogens with one attached hydrogen (secondary N) is 1. The highest BCUT2D eigenvalue weighted by atomic mass is 19.1. The lowest BCUT2D eigenvalue weighted by molar-refractivity contribution is 0.228. The van der Waals surface area contributed by atoms with Gasteiger partial charge in [0.25, 0.3) is 0 Å². The summed E-state index contributed by atoms with van der Waals surface area (Å²) in [6, 6.07) is 3.83. The van der Waals surface area contributed by atoms with E-state index in [1.807, 2.05) is 0 Å². The summed E-state index contributed by atoms with van der Waals surface area (Å²) in [5.41, 5.74) is -0.137. The molecule has 0 bridgehead atoms. The molecule has 1 aliphatic rings. The first kappa shape index (κ1) is 14.7. The first-order chi connectivity index (χ1) is 9.70. The van der Waals surface area contributed by atoms with Crippen LogP contribution >= 0.6 is 0 Å². The molecule has 108 valence electrons. The molecule has 0 radical (unpaired) electrons. The summed E-state index contributed by atoms with van der Waals surface area (Å²) in [6.45, 7) is 3.72. The number of benzene rings is 1. The van der Waals surface area contributed by atoms with Gasteiger partial charge in [-0.15, -0.1) is 0 Å². The maximum absolute atomic E-state index is 13.6. The number of halogens is 2. The molecule has 20 heavy (non-hydrogen) atoms. The van der Waals surface area contributed by atoms with Crippen LogP contribution in [0.4, 0.5) is 14.5 Å². The van der Waals surface area contributed by atoms with E-state index in [1.165, 1.54) is 19.3 Å². The van der Waals surface area contributed by atoms with Gasteiger partial charge in [0.1, 0.15) is 5.69 Å². The molecule has 1 saturated heterocycles. The number of rotatable bonds is 5. The van der Waals surface area contributed by atoms with Crippen molar-refractivity contribution in [3.05, 3.63) is 29.3 Å². The number of nitriles is 1. The molecular formula is C15H19F2N3. The summed E-state index contributed by atoms with van der Waals surface area (Å²) in [4.78, 5) is 2.39. The van der Waals surface area contributed by atoms with E-state index in [9.17, 15) is 8.78 Å². The quantitative estimate of drug-likeness (QED) is 0.842. The van der Waals surface area contributed by atoms with Gasteiger partial charge in [0.05, 0.1) is 11.6 Å². The monoisotopic (exact) mass is 279 g/mol. The SMILES string of the molecule is N#Cc1cc(F)c(NCCCN2CCCCC2)c(F)c1. The van der Waals surface area contributed by atoms with E-state index in [0.717, 1.165) is 38.2 Å². The Morgan fingerprint density at radius 2 is 1.80 bits per heavy atom. The van der Waals surface area contributed by atoms with E-state index < -0.39 is 11.6 Å². The molecule has 0 amide bonds. The van der Waals surface area contributed by atoms with Gasteiger partial charge in [0, 0.05) is 6.54 Å². The van der Waals surface area contributed by atoms with Gasteiger partial charge in [-0.3, -0.25) is 0 Å². The van der Waals surface area contributed by atoms with Crippen molar-refractivity contribution < 1.29 is 8.78 Å². The second-order valence-electron chi connectivity index (χ2n) is 5.11. The van der Waals surface area contributed by atoms with Gasteiger partial charge in [0.2, 0.25) is 0 Å². The van der Waals surface area contributed by atoms with Crippen LogP contribution < -0.4 is 5.32 Å². The van der Waals surface area contributed by atoms with Gasteiger partial charge in [-0.05, 0) is 51.0 Å². The van der Waals surface area contributed by atoms with Gasteiger partial charge in [-0.2, -0.15) is 5.26 Å². The van der Waals surface area contributed by atoms with Crippen molar-refractivity contribution in [3.63, 3.8) is 0 Å². The third kappa shape index (κ3) is 3.91. The van der Waals surface area contributed by atoms with E-state index in [0.29, 0.717) is 6.54 Å². The van der Waals surface area contributed by atoms with Crippen molar-refractivity contribution in [2.45, 2.75) is 25.7 Å². The summed E-state index contributed by atoms with van der Waals surface area (Å²) in [5.74, 6) is -1.42. The maximum Gasteiger partial charge on any atom is 0.150 e. The fraction of sp³-hybridized carbons (Fsp3) is 0.533. The predicted molar refractivity (Wildman–Crippen MR) is 74.5 cm³/mol. The molecule has 2 rings (SSSR count). The lowest BCUT2D eigenvalue weighted by Crippen LogP contribution is -2.31. The van der Waals surface area contributed by atoms with Gasteiger partial charge in [-0.25, -0.2) is 8.78 Å². The molecule has 0 unspecified atom stereocenters. The zero-order valence-corrected chi connectivity index (χ0v) is 11.5. The highest BCUT2D eigenvalue weighted by Gasteiger charge is 2.12. The van der Waals surface area contributed by atoms with Crippen molar-refractivity contribution in [3.8, 4) is 6.07 Å². The van der Waals surface area contributed by atoms with Crippen LogP contribution in [0.2, 0.25) is 0 Å². The third-order valence-corrected chi connectivity index (χ3v) is 3.57. The van der Waals surface area contributed by atoms with Gasteiger partial charge >= 0.3 is 0 Å². The number of hydrogen-bond acceptors (Lipinski definition) is 3. The van der Waals surface area contributed by atoms with E-state index in [1.54, 1.807) is 6.07 Å². The van der Waals surface area contributed by atoms with Crippen LogP contribution in [0.3, 0.4) is 0 Å². The fourth-order valence-electron chi connectivity index (χ4n) is 2.51. The van der Waals surface area contributed by atoms with Crippen molar-refractivity contribution in [1.82, 2.24) is 4.90 Å². The molecular weight excluding hydrogens is 260 g/mol. The average Bonchev–Trinajstić information content (AvgIpc) is 2.46. The normalized spacial score (nSPS) is 15.8. The number of likely N-dealkylation sites (tertiary alicyclic amines) is 1. The second kappa shape index (κ2) is 7.20. The minimum absolute atomic E-state index is 0.00105. The molecule has 0 aliphatic carbocycles. The molecule has 5 heteroatoms. The van der Waals surface area contributed by atoms with E-state index >= 15 is 0 Å². The first-order valence-corrected chi connectivity index (χ1v) is 7.06. The molecule has 0 atom stereocenters. The Labute approximate surface area is 118 Å². The van der Waals surface area contributed by atoms with Crippen LogP contribution in [0.1, 0.15) is 31.2 Å². The second-order valence-corrected chi connectivity index (χ2v) is 5.11. The Morgan fingerprint density at radius 1 is 1.15 bits per heavy atom. The Kier molecular flexibility index (Phi) is 5.31. The lowest BCUT2D eigenvalue weighted by Gasteiger charge is -2.26. The lowest BCUT2D eigenvalue weighted by atomic mass is 10.1. The summed E-state index contributed by atoms with van der Waals surface area (Å²) in [5, 5.41) is 11.4. The van der Waals surface area contributed by atoms with Crippen molar-refractivity contribution in [2.24, 2.45) is 0 Å². The van der Waals surface area contributed by atoms with Crippen LogP contribution in [0.5, 0.6) is 0 Å². The van der Waals surface area contributed by atoms with Crippen molar-refractivity contribution in [2.75, 3.05) is 31.5 Å². The van der Waals surface area contributed by atoms with E-state index in [-0.39, 0.29) is 11.3 Å². The summed E-state index contributed by atoms with van der Waals surface area (Å²) < 4.78 is 27.2. The minimum Gasteiger partial charge on any atom is -0.380 e. The predicted octanol–water partition coefficient (Wildman–Crippen LogP) is 3.12. The van der Waals surface area contributed by atoms with E-state index in [2.05, 4.69) is 10.2 Å². The Balaban J connectivity index is 1.80. The minimum atomic E-state index is -0.709. The van der Waals surface area contributed by atoms with Crippen LogP contribution in [0.15, 0.2) is 12.1 Å². The van der Waals surface area contributed by atoms with Crippen LogP contribution in [0.25, 0.3) is 0 Å². The molecule has 3 nitrogen and oxygen atoms in total. The van der Waals surface area contributed by atoms with Crippen LogP contribution in [0, 0.1) is 23.0 Å². The Bertz CT molecular complexity index is 467. The number of piperidine rings is 1. The summed E-state index contributed by atoms with van der Waals surface area (Å²) >= 11 is 0. The van der Waals surface area contributed by atoms with E-state index in [4.69, 9.17) is 5.26 Å². The van der Waals surface area contributed by atoms with Crippen molar-refractivity contribution >= 4 is 5.69 Å². The summed E-state index contributed by atoms with van der Waals surface area (Å²) in [7, 11) is 0. The Hall–Kier alpha value is -1.67. The molecule has 1 aromatic rings. The molecule has 1 aliphatic heterocycles. The van der Waals surface area contributed by atoms with Crippen molar-refractivity contribution in [1.29, 1.82) is 5.26 Å². The maximum atomic E-state index is 13.6. The van der Waals surface area contributed by atoms with Crippen LogP contribution in [-0.4, -0.2) is 31.1 Å². The Morgan fingerprint density at radius 3 is 2.40 bits per heavy atom. The van der Waals surface area contributed by atoms with Gasteiger partial charge < -0.3 is 10.2 Å². The number of anilines is 1. The number of hydrogen-bond donors (Lipinski definition) is 1. The highest BCUT2D eigenvalue weighted by Crippen LogP contribution is 2.20. The molecule has 0 spiro atoms. The molecule has 0 saturated carbocycles. The fourth-order valence-corrected chi connectivity index (χ4v) is 2.51. The highest BCUT2D eigenvalue weighted by molar-refractivity contribution is 5.50. The topological polar surface area (TPSA) is 39.1 Å². The van der Waals surface area contributed by atoms with Gasteiger partial charge in [-0.1, -0.05) is 6.42 Å². The number of nitrogens with zero attached hydrogens (tertiary/aromatic N) is 2. The first-order valence-electron chi connectivity index (χ1n) is 7.06. The zero-order chi connectivity index (χ0) is 14.4. The summed E-state index contributed by atoms with van der Waals surface area (Å²) in [6.07, 6.45) is 4.63.